The molecule has 2 aromatic heterocycles. The maximum Gasteiger partial charge on any atom is 0.248 e. The predicted octanol–water partition coefficient (Wildman–Crippen LogP) is 3.53. The number of thiophene rings is 1. The minimum absolute atomic E-state index is 0.243. The molecule has 96 valence electrons. The lowest BCUT2D eigenvalue weighted by Gasteiger charge is -2.37. The van der Waals surface area contributed by atoms with E-state index in [-0.39, 0.29) is 18.8 Å². The van der Waals surface area contributed by atoms with E-state index in [0.717, 1.165) is 0 Å². The van der Waals surface area contributed by atoms with Crippen LogP contribution in [0.25, 0.3) is 10.3 Å². The normalized spacial score (nSPS) is 20.9. The summed E-state index contributed by atoms with van der Waals surface area (Å²) in [4.78, 5) is 9.74. The van der Waals surface area contributed by atoms with E-state index in [4.69, 9.17) is 0 Å². The number of halogens is 3. The Kier molecular flexibility index (Phi) is 2.87. The van der Waals surface area contributed by atoms with Gasteiger partial charge in [-0.15, -0.1) is 11.3 Å². The molecule has 0 saturated heterocycles. The van der Waals surface area contributed by atoms with Crippen LogP contribution in [-0.2, 0) is 0 Å². The molecule has 0 radical (unpaired) electrons. The standard InChI is InChI=1S/C11H9BrF2N2OS/c12-8-4-15-6-1-7(18-10(6)16-8)9(17)5-2-11(13,14)3-5/h1,4-5,9,17H,2-3H2. The van der Waals surface area contributed by atoms with E-state index in [9.17, 15) is 13.9 Å². The van der Waals surface area contributed by atoms with E-state index in [1.165, 1.54) is 11.3 Å². The lowest BCUT2D eigenvalue weighted by molar-refractivity contribution is -0.141. The third-order valence-electron chi connectivity index (χ3n) is 3.09. The average molecular weight is 335 g/mol. The van der Waals surface area contributed by atoms with Gasteiger partial charge in [-0.3, -0.25) is 4.98 Å². The number of aromatic nitrogens is 2. The summed E-state index contributed by atoms with van der Waals surface area (Å²) in [6.45, 7) is 0. The van der Waals surface area contributed by atoms with Crippen molar-refractivity contribution in [1.29, 1.82) is 0 Å². The molecule has 1 aliphatic carbocycles. The second-order valence-corrected chi connectivity index (χ2v) is 6.38. The number of alkyl halides is 2. The van der Waals surface area contributed by atoms with E-state index >= 15 is 0 Å². The summed E-state index contributed by atoms with van der Waals surface area (Å²) in [5.41, 5.74) is 0.684. The molecule has 7 heteroatoms. The first-order valence-electron chi connectivity index (χ1n) is 5.42. The van der Waals surface area contributed by atoms with Crippen LogP contribution in [0.2, 0.25) is 0 Å². The Labute approximate surface area is 114 Å². The fourth-order valence-electron chi connectivity index (χ4n) is 2.12. The van der Waals surface area contributed by atoms with Crippen molar-refractivity contribution >= 4 is 37.6 Å². The molecular formula is C11H9BrF2N2OS. The first kappa shape index (κ1) is 12.4. The molecule has 3 nitrogen and oxygen atoms in total. The first-order chi connectivity index (χ1) is 8.44. The zero-order chi connectivity index (χ0) is 12.9. The Morgan fingerprint density at radius 2 is 2.22 bits per heavy atom. The van der Waals surface area contributed by atoms with Gasteiger partial charge in [0.05, 0.1) is 12.3 Å². The Balaban J connectivity index is 1.86. The van der Waals surface area contributed by atoms with Gasteiger partial charge in [0.2, 0.25) is 5.92 Å². The number of aliphatic hydroxyl groups excluding tert-OH is 1. The highest BCUT2D eigenvalue weighted by atomic mass is 79.9. The molecule has 1 fully saturated rings. The molecule has 2 aromatic rings. The Hall–Kier alpha value is -0.660. The van der Waals surface area contributed by atoms with Crippen molar-refractivity contribution in [2.45, 2.75) is 24.9 Å². The molecule has 2 heterocycles. The lowest BCUT2D eigenvalue weighted by atomic mass is 9.77. The molecule has 0 amide bonds. The van der Waals surface area contributed by atoms with Crippen LogP contribution in [0.1, 0.15) is 23.8 Å². The number of hydrogen-bond acceptors (Lipinski definition) is 4. The monoisotopic (exact) mass is 334 g/mol. The molecule has 1 unspecified atom stereocenters. The maximum absolute atomic E-state index is 12.8. The van der Waals surface area contributed by atoms with Crippen LogP contribution in [-0.4, -0.2) is 21.0 Å². The SMILES string of the molecule is OC(c1cc2ncc(Br)nc2s1)C1CC(F)(F)C1. The summed E-state index contributed by atoms with van der Waals surface area (Å²) in [7, 11) is 0. The van der Waals surface area contributed by atoms with Gasteiger partial charge in [-0.1, -0.05) is 0 Å². The summed E-state index contributed by atoms with van der Waals surface area (Å²) in [5, 5.41) is 10.1. The van der Waals surface area contributed by atoms with Crippen molar-refractivity contribution in [3.8, 4) is 0 Å². The first-order valence-corrected chi connectivity index (χ1v) is 7.03. The third kappa shape index (κ3) is 2.15. The van der Waals surface area contributed by atoms with Crippen molar-refractivity contribution in [3.63, 3.8) is 0 Å². The smallest absolute Gasteiger partial charge is 0.248 e. The van der Waals surface area contributed by atoms with E-state index in [1.807, 2.05) is 0 Å². The van der Waals surface area contributed by atoms with E-state index in [0.29, 0.717) is 19.8 Å². The quantitative estimate of drug-likeness (QED) is 0.913. The molecule has 1 N–H and O–H groups in total. The number of fused-ring (bicyclic) bond motifs is 1. The fourth-order valence-corrected chi connectivity index (χ4v) is 3.58. The maximum atomic E-state index is 12.8. The molecule has 1 aliphatic rings. The van der Waals surface area contributed by atoms with Gasteiger partial charge < -0.3 is 5.11 Å². The Morgan fingerprint density at radius 3 is 2.89 bits per heavy atom. The number of aliphatic hydroxyl groups is 1. The predicted molar refractivity (Wildman–Crippen MR) is 67.7 cm³/mol. The molecule has 0 spiro atoms. The van der Waals surface area contributed by atoms with Crippen molar-refractivity contribution in [3.05, 3.63) is 21.7 Å². The van der Waals surface area contributed by atoms with Crippen molar-refractivity contribution in [1.82, 2.24) is 9.97 Å². The topological polar surface area (TPSA) is 46.0 Å². The van der Waals surface area contributed by atoms with Crippen LogP contribution in [0.5, 0.6) is 0 Å². The highest BCUT2D eigenvalue weighted by molar-refractivity contribution is 9.10. The molecule has 0 aliphatic heterocycles. The largest absolute Gasteiger partial charge is 0.387 e. The fraction of sp³-hybridized carbons (Fsp3) is 0.455. The number of hydrogen-bond donors (Lipinski definition) is 1. The molecule has 0 bridgehead atoms. The van der Waals surface area contributed by atoms with Gasteiger partial charge in [0, 0.05) is 23.6 Å². The van der Waals surface area contributed by atoms with Crippen LogP contribution in [0.3, 0.4) is 0 Å². The van der Waals surface area contributed by atoms with Crippen molar-refractivity contribution in [2.75, 3.05) is 0 Å². The van der Waals surface area contributed by atoms with Crippen LogP contribution < -0.4 is 0 Å². The Bertz CT molecular complexity index is 596. The van der Waals surface area contributed by atoms with Gasteiger partial charge in [-0.25, -0.2) is 13.8 Å². The van der Waals surface area contributed by atoms with E-state index in [2.05, 4.69) is 25.9 Å². The second kappa shape index (κ2) is 4.18. The molecule has 1 atom stereocenters. The Morgan fingerprint density at radius 1 is 1.50 bits per heavy atom. The summed E-state index contributed by atoms with van der Waals surface area (Å²) in [6, 6.07) is 1.72. The van der Waals surface area contributed by atoms with Crippen molar-refractivity contribution < 1.29 is 13.9 Å². The van der Waals surface area contributed by atoms with Crippen LogP contribution >= 0.6 is 27.3 Å². The van der Waals surface area contributed by atoms with Gasteiger partial charge in [0.1, 0.15) is 15.0 Å². The number of nitrogens with zero attached hydrogens (tertiary/aromatic N) is 2. The van der Waals surface area contributed by atoms with Crippen LogP contribution in [0.4, 0.5) is 8.78 Å². The van der Waals surface area contributed by atoms with Crippen molar-refractivity contribution in [2.24, 2.45) is 5.92 Å². The summed E-state index contributed by atoms with van der Waals surface area (Å²) in [6.07, 6.45) is 0.243. The number of rotatable bonds is 2. The summed E-state index contributed by atoms with van der Waals surface area (Å²) < 4.78 is 26.2. The zero-order valence-corrected chi connectivity index (χ0v) is 11.5. The van der Waals surface area contributed by atoms with Gasteiger partial charge in [-0.2, -0.15) is 0 Å². The minimum atomic E-state index is -2.61. The van der Waals surface area contributed by atoms with Gasteiger partial charge >= 0.3 is 0 Å². The molecule has 1 saturated carbocycles. The zero-order valence-electron chi connectivity index (χ0n) is 9.11. The highest BCUT2D eigenvalue weighted by Crippen LogP contribution is 2.49. The van der Waals surface area contributed by atoms with E-state index < -0.39 is 12.0 Å². The highest BCUT2D eigenvalue weighted by Gasteiger charge is 2.48. The summed E-state index contributed by atoms with van der Waals surface area (Å²) >= 11 is 4.52. The molecular weight excluding hydrogens is 326 g/mol. The van der Waals surface area contributed by atoms with Gasteiger partial charge in [0.25, 0.3) is 0 Å². The molecule has 0 aromatic carbocycles. The molecule has 3 rings (SSSR count). The van der Waals surface area contributed by atoms with Crippen LogP contribution in [0, 0.1) is 5.92 Å². The molecule has 18 heavy (non-hydrogen) atoms. The summed E-state index contributed by atoms with van der Waals surface area (Å²) in [5.74, 6) is -2.97. The third-order valence-corrected chi connectivity index (χ3v) is 4.56. The second-order valence-electron chi connectivity index (χ2n) is 4.50. The lowest BCUT2D eigenvalue weighted by Crippen LogP contribution is -2.38. The minimum Gasteiger partial charge on any atom is -0.387 e. The van der Waals surface area contributed by atoms with Gasteiger partial charge in [-0.05, 0) is 22.0 Å². The van der Waals surface area contributed by atoms with Crippen LogP contribution in [0.15, 0.2) is 16.9 Å². The average Bonchev–Trinajstić information content (AvgIpc) is 2.67. The van der Waals surface area contributed by atoms with Gasteiger partial charge in [0.15, 0.2) is 0 Å². The van der Waals surface area contributed by atoms with E-state index in [1.54, 1.807) is 12.3 Å².